The predicted octanol–water partition coefficient (Wildman–Crippen LogP) is 1.64. The average Bonchev–Trinajstić information content (AvgIpc) is 2.31. The van der Waals surface area contributed by atoms with Gasteiger partial charge < -0.3 is 8.85 Å². The van der Waals surface area contributed by atoms with E-state index in [-0.39, 0.29) is 0 Å². The van der Waals surface area contributed by atoms with Crippen molar-refractivity contribution < 1.29 is 8.85 Å². The van der Waals surface area contributed by atoms with Crippen LogP contribution >= 0.6 is 0 Å². The maximum Gasteiger partial charge on any atom is 0.516 e. The third-order valence-electron chi connectivity index (χ3n) is 3.02. The molecule has 0 aliphatic heterocycles. The van der Waals surface area contributed by atoms with Crippen molar-refractivity contribution in [2.75, 3.05) is 20.3 Å². The molecule has 0 unspecified atom stereocenters. The monoisotopic (exact) mass is 246 g/mol. The topological polar surface area (TPSA) is 42.5 Å². The van der Waals surface area contributed by atoms with Crippen LogP contribution in [-0.2, 0) is 8.85 Å². The van der Waals surface area contributed by atoms with Crippen molar-refractivity contribution in [1.82, 2.24) is 9.96 Å². The molecule has 0 bridgehead atoms. The van der Waals surface area contributed by atoms with Crippen molar-refractivity contribution in [2.45, 2.75) is 52.0 Å². The summed E-state index contributed by atoms with van der Waals surface area (Å²) in [7, 11) is -0.433. The van der Waals surface area contributed by atoms with Crippen molar-refractivity contribution in [3.8, 4) is 0 Å². The maximum atomic E-state index is 5.82. The SMILES string of the molecule is CCO[Si](NC)(NC1CCCCC1)OCC. The van der Waals surface area contributed by atoms with Gasteiger partial charge in [-0.3, -0.25) is 9.96 Å². The van der Waals surface area contributed by atoms with Gasteiger partial charge in [0.15, 0.2) is 0 Å². The second-order valence-electron chi connectivity index (χ2n) is 4.21. The largest absolute Gasteiger partial charge is 0.516 e. The Morgan fingerprint density at radius 1 is 1.06 bits per heavy atom. The normalized spacial score (nSPS) is 18.9. The molecule has 4 nitrogen and oxygen atoms in total. The van der Waals surface area contributed by atoms with E-state index in [1.165, 1.54) is 32.1 Å². The highest BCUT2D eigenvalue weighted by molar-refractivity contribution is 6.62. The third-order valence-corrected chi connectivity index (χ3v) is 5.86. The third kappa shape index (κ3) is 4.14. The average molecular weight is 246 g/mol. The van der Waals surface area contributed by atoms with Crippen LogP contribution < -0.4 is 9.96 Å². The van der Waals surface area contributed by atoms with Gasteiger partial charge in [0.05, 0.1) is 0 Å². The van der Waals surface area contributed by atoms with Crippen LogP contribution in [0.3, 0.4) is 0 Å². The van der Waals surface area contributed by atoms with Crippen LogP contribution in [0.4, 0.5) is 0 Å². The summed E-state index contributed by atoms with van der Waals surface area (Å²) in [6, 6.07) is 0.561. The Labute approximate surface area is 100 Å². The molecule has 0 atom stereocenters. The Morgan fingerprint density at radius 2 is 1.62 bits per heavy atom. The highest BCUT2D eigenvalue weighted by Gasteiger charge is 2.39. The van der Waals surface area contributed by atoms with E-state index in [2.05, 4.69) is 9.96 Å². The molecule has 1 aliphatic rings. The maximum absolute atomic E-state index is 5.82. The van der Waals surface area contributed by atoms with E-state index in [4.69, 9.17) is 8.85 Å². The van der Waals surface area contributed by atoms with E-state index in [0.717, 1.165) is 0 Å². The van der Waals surface area contributed by atoms with Gasteiger partial charge in [0, 0.05) is 19.3 Å². The predicted molar refractivity (Wildman–Crippen MR) is 68.1 cm³/mol. The highest BCUT2D eigenvalue weighted by Crippen LogP contribution is 2.19. The highest BCUT2D eigenvalue weighted by atomic mass is 28.4. The Bertz CT molecular complexity index is 181. The lowest BCUT2D eigenvalue weighted by atomic mass is 9.96. The van der Waals surface area contributed by atoms with Gasteiger partial charge >= 0.3 is 8.88 Å². The summed E-state index contributed by atoms with van der Waals surface area (Å²) in [5.74, 6) is 0. The number of hydrogen-bond acceptors (Lipinski definition) is 4. The molecule has 1 aliphatic carbocycles. The molecule has 0 saturated heterocycles. The molecule has 16 heavy (non-hydrogen) atoms. The fourth-order valence-electron chi connectivity index (χ4n) is 2.26. The summed E-state index contributed by atoms with van der Waals surface area (Å²) in [4.78, 5) is 6.85. The van der Waals surface area contributed by atoms with Crippen LogP contribution in [-0.4, -0.2) is 35.2 Å². The molecular weight excluding hydrogens is 220 g/mol. The van der Waals surface area contributed by atoms with Crippen molar-refractivity contribution in [2.24, 2.45) is 0 Å². The Balaban J connectivity index is 2.52. The molecule has 1 fully saturated rings. The number of hydrogen-bond donors (Lipinski definition) is 2. The van der Waals surface area contributed by atoms with E-state index in [0.29, 0.717) is 19.3 Å². The van der Waals surface area contributed by atoms with Crippen molar-refractivity contribution in [3.63, 3.8) is 0 Å². The van der Waals surface area contributed by atoms with Crippen LogP contribution in [0.2, 0.25) is 0 Å². The molecule has 0 spiro atoms. The van der Waals surface area contributed by atoms with Gasteiger partial charge in [-0.15, -0.1) is 0 Å². The molecule has 5 heteroatoms. The number of rotatable bonds is 7. The molecule has 0 aromatic carbocycles. The molecule has 0 amide bonds. The summed E-state index contributed by atoms with van der Waals surface area (Å²) in [6.07, 6.45) is 6.51. The summed E-state index contributed by atoms with van der Waals surface area (Å²) in [5, 5.41) is 0. The van der Waals surface area contributed by atoms with Crippen molar-refractivity contribution >= 4 is 8.88 Å². The zero-order chi connectivity index (χ0) is 11.9. The molecule has 2 N–H and O–H groups in total. The van der Waals surface area contributed by atoms with Gasteiger partial charge in [0.1, 0.15) is 0 Å². The first kappa shape index (κ1) is 14.1. The molecule has 0 aromatic rings. The molecule has 0 heterocycles. The van der Waals surface area contributed by atoms with Gasteiger partial charge in [-0.2, -0.15) is 0 Å². The molecule has 96 valence electrons. The lowest BCUT2D eigenvalue weighted by molar-refractivity contribution is 0.153. The second kappa shape index (κ2) is 7.40. The second-order valence-corrected chi connectivity index (χ2v) is 6.81. The fraction of sp³-hybridized carbons (Fsp3) is 1.00. The van der Waals surface area contributed by atoms with E-state index < -0.39 is 8.88 Å². The van der Waals surface area contributed by atoms with Crippen LogP contribution in [0, 0.1) is 0 Å². The van der Waals surface area contributed by atoms with Crippen LogP contribution in [0.5, 0.6) is 0 Å². The summed E-state index contributed by atoms with van der Waals surface area (Å²) < 4.78 is 11.6. The first-order valence-electron chi connectivity index (χ1n) is 6.50. The van der Waals surface area contributed by atoms with Gasteiger partial charge in [0.2, 0.25) is 0 Å². The molecular formula is C11H26N2O2Si. The van der Waals surface area contributed by atoms with Crippen LogP contribution in [0.15, 0.2) is 0 Å². The molecule has 1 rings (SSSR count). The summed E-state index contributed by atoms with van der Waals surface area (Å²) in [6.45, 7) is 5.40. The van der Waals surface area contributed by atoms with Gasteiger partial charge in [-0.05, 0) is 33.7 Å². The zero-order valence-corrected chi connectivity index (χ0v) is 11.8. The lowest BCUT2D eigenvalue weighted by Crippen LogP contribution is -2.68. The van der Waals surface area contributed by atoms with E-state index in [1.807, 2.05) is 20.9 Å². The minimum atomic E-state index is -2.36. The molecule has 1 saturated carbocycles. The van der Waals surface area contributed by atoms with Gasteiger partial charge in [-0.25, -0.2) is 0 Å². The smallest absolute Gasteiger partial charge is 0.371 e. The minimum Gasteiger partial charge on any atom is -0.371 e. The Hall–Kier alpha value is 0.0569. The first-order chi connectivity index (χ1) is 7.76. The fourth-order valence-corrected chi connectivity index (χ4v) is 4.59. The minimum absolute atomic E-state index is 0.561. The van der Waals surface area contributed by atoms with E-state index in [9.17, 15) is 0 Å². The van der Waals surface area contributed by atoms with Crippen LogP contribution in [0.25, 0.3) is 0 Å². The van der Waals surface area contributed by atoms with E-state index in [1.54, 1.807) is 0 Å². The Morgan fingerprint density at radius 3 is 2.06 bits per heavy atom. The zero-order valence-electron chi connectivity index (χ0n) is 10.8. The summed E-state index contributed by atoms with van der Waals surface area (Å²) >= 11 is 0. The quantitative estimate of drug-likeness (QED) is 0.670. The van der Waals surface area contributed by atoms with Crippen LogP contribution in [0.1, 0.15) is 46.0 Å². The lowest BCUT2D eigenvalue weighted by Gasteiger charge is -2.34. The van der Waals surface area contributed by atoms with E-state index >= 15 is 0 Å². The standard InChI is InChI=1S/C11H26N2O2Si/c1-4-14-16(12-3,15-5-2)13-11-9-7-6-8-10-11/h11-13H,4-10H2,1-3H3. The van der Waals surface area contributed by atoms with Crippen molar-refractivity contribution in [3.05, 3.63) is 0 Å². The van der Waals surface area contributed by atoms with Gasteiger partial charge in [-0.1, -0.05) is 19.3 Å². The van der Waals surface area contributed by atoms with Gasteiger partial charge in [0.25, 0.3) is 0 Å². The van der Waals surface area contributed by atoms with Crippen molar-refractivity contribution in [1.29, 1.82) is 0 Å². The summed E-state index contributed by atoms with van der Waals surface area (Å²) in [5.41, 5.74) is 0. The molecule has 0 aromatic heterocycles. The first-order valence-corrected chi connectivity index (χ1v) is 8.32. The number of nitrogens with one attached hydrogen (secondary N) is 2. The Kier molecular flexibility index (Phi) is 6.53. The molecule has 0 radical (unpaired) electrons.